The van der Waals surface area contributed by atoms with Crippen LogP contribution in [-0.4, -0.2) is 17.5 Å². The largest absolute Gasteiger partial charge is 0.399 e. The van der Waals surface area contributed by atoms with Crippen molar-refractivity contribution in [1.82, 2.24) is 4.90 Å². The lowest BCUT2D eigenvalue weighted by molar-refractivity contribution is 0.259. The fourth-order valence-electron chi connectivity index (χ4n) is 2.55. The molecule has 80 valence electrons. The van der Waals surface area contributed by atoms with E-state index in [9.17, 15) is 0 Å². The zero-order chi connectivity index (χ0) is 10.3. The van der Waals surface area contributed by atoms with E-state index in [2.05, 4.69) is 17.0 Å². The van der Waals surface area contributed by atoms with Crippen molar-refractivity contribution < 1.29 is 0 Å². The van der Waals surface area contributed by atoms with Crippen LogP contribution in [0.1, 0.15) is 30.4 Å². The molecular formula is C13H18N2. The highest BCUT2D eigenvalue weighted by Crippen LogP contribution is 2.31. The minimum Gasteiger partial charge on any atom is -0.399 e. The number of nitrogens with zero attached hydrogens (tertiary/aromatic N) is 1. The van der Waals surface area contributed by atoms with Crippen molar-refractivity contribution in [1.29, 1.82) is 0 Å². The van der Waals surface area contributed by atoms with Gasteiger partial charge in [0.25, 0.3) is 0 Å². The molecule has 2 nitrogen and oxygen atoms in total. The fourth-order valence-corrected chi connectivity index (χ4v) is 2.55. The molecule has 0 spiro atoms. The van der Waals surface area contributed by atoms with Gasteiger partial charge >= 0.3 is 0 Å². The molecule has 2 N–H and O–H groups in total. The summed E-state index contributed by atoms with van der Waals surface area (Å²) < 4.78 is 0. The summed E-state index contributed by atoms with van der Waals surface area (Å²) in [7, 11) is 0. The van der Waals surface area contributed by atoms with Crippen LogP contribution in [0.15, 0.2) is 18.2 Å². The summed E-state index contributed by atoms with van der Waals surface area (Å²) in [6.45, 7) is 2.40. The van der Waals surface area contributed by atoms with E-state index in [0.717, 1.165) is 18.3 Å². The number of benzene rings is 1. The quantitative estimate of drug-likeness (QED) is 0.707. The van der Waals surface area contributed by atoms with Gasteiger partial charge in [0.1, 0.15) is 0 Å². The van der Waals surface area contributed by atoms with E-state index in [-0.39, 0.29) is 0 Å². The molecule has 1 saturated carbocycles. The first-order chi connectivity index (χ1) is 7.33. The standard InChI is InChI=1S/C13H18N2/c14-12-4-3-11-9-15(13-5-6-13)7-1-2-10(11)8-12/h3-4,8,13H,1-2,5-7,9,14H2. The van der Waals surface area contributed by atoms with Crippen LogP contribution < -0.4 is 5.73 Å². The van der Waals surface area contributed by atoms with E-state index in [1.165, 1.54) is 43.4 Å². The number of nitrogen functional groups attached to an aromatic ring is 1. The number of fused-ring (bicyclic) bond motifs is 1. The second-order valence-electron chi connectivity index (χ2n) is 4.83. The highest BCUT2D eigenvalue weighted by molar-refractivity contribution is 5.45. The van der Waals surface area contributed by atoms with Gasteiger partial charge in [0.15, 0.2) is 0 Å². The maximum Gasteiger partial charge on any atom is 0.0316 e. The molecule has 1 heterocycles. The lowest BCUT2D eigenvalue weighted by Crippen LogP contribution is -2.25. The molecule has 0 aromatic heterocycles. The predicted octanol–water partition coefficient (Wildman–Crippen LogP) is 2.18. The summed E-state index contributed by atoms with van der Waals surface area (Å²) in [6, 6.07) is 7.29. The van der Waals surface area contributed by atoms with E-state index in [4.69, 9.17) is 5.73 Å². The Labute approximate surface area is 91.1 Å². The Bertz CT molecular complexity index is 369. The second kappa shape index (κ2) is 3.53. The molecule has 0 saturated heterocycles. The van der Waals surface area contributed by atoms with Crippen molar-refractivity contribution in [2.24, 2.45) is 0 Å². The third-order valence-corrected chi connectivity index (χ3v) is 3.56. The lowest BCUT2D eigenvalue weighted by Gasteiger charge is -2.19. The number of hydrogen-bond donors (Lipinski definition) is 1. The van der Waals surface area contributed by atoms with Gasteiger partial charge in [-0.2, -0.15) is 0 Å². The Morgan fingerprint density at radius 1 is 1.20 bits per heavy atom. The van der Waals surface area contributed by atoms with Gasteiger partial charge in [0, 0.05) is 18.3 Å². The van der Waals surface area contributed by atoms with Crippen molar-refractivity contribution in [2.45, 2.75) is 38.3 Å². The summed E-state index contributed by atoms with van der Waals surface area (Å²) in [4.78, 5) is 2.64. The summed E-state index contributed by atoms with van der Waals surface area (Å²) in [5.41, 5.74) is 9.70. The van der Waals surface area contributed by atoms with E-state index in [1.807, 2.05) is 6.07 Å². The maximum absolute atomic E-state index is 5.83. The van der Waals surface area contributed by atoms with Gasteiger partial charge in [0.05, 0.1) is 0 Å². The van der Waals surface area contributed by atoms with Crippen LogP contribution in [0, 0.1) is 0 Å². The third kappa shape index (κ3) is 1.86. The Balaban J connectivity index is 1.88. The number of hydrogen-bond acceptors (Lipinski definition) is 2. The van der Waals surface area contributed by atoms with Gasteiger partial charge in [-0.1, -0.05) is 6.07 Å². The third-order valence-electron chi connectivity index (χ3n) is 3.56. The molecule has 0 radical (unpaired) electrons. The summed E-state index contributed by atoms with van der Waals surface area (Å²) in [6.07, 6.45) is 5.30. The Kier molecular flexibility index (Phi) is 2.17. The number of anilines is 1. The minimum absolute atomic E-state index is 0.883. The fraction of sp³-hybridized carbons (Fsp3) is 0.538. The minimum atomic E-state index is 0.883. The van der Waals surface area contributed by atoms with E-state index in [0.29, 0.717) is 0 Å². The molecule has 2 aliphatic rings. The van der Waals surface area contributed by atoms with E-state index >= 15 is 0 Å². The molecule has 15 heavy (non-hydrogen) atoms. The van der Waals surface area contributed by atoms with E-state index in [1.54, 1.807) is 0 Å². The highest BCUT2D eigenvalue weighted by Gasteiger charge is 2.29. The van der Waals surface area contributed by atoms with Gasteiger partial charge in [-0.25, -0.2) is 0 Å². The normalized spacial score (nSPS) is 22.1. The van der Waals surface area contributed by atoms with Crippen molar-refractivity contribution in [3.63, 3.8) is 0 Å². The highest BCUT2D eigenvalue weighted by atomic mass is 15.2. The Hall–Kier alpha value is -1.02. The maximum atomic E-state index is 5.83. The molecule has 0 unspecified atom stereocenters. The van der Waals surface area contributed by atoms with Crippen LogP contribution in [0.3, 0.4) is 0 Å². The van der Waals surface area contributed by atoms with Crippen LogP contribution in [0.2, 0.25) is 0 Å². The predicted molar refractivity (Wildman–Crippen MR) is 62.6 cm³/mol. The number of rotatable bonds is 1. The number of nitrogens with two attached hydrogens (primary N) is 1. The molecule has 0 amide bonds. The smallest absolute Gasteiger partial charge is 0.0316 e. The molecule has 0 atom stereocenters. The van der Waals surface area contributed by atoms with Gasteiger partial charge in [-0.3, -0.25) is 4.90 Å². The topological polar surface area (TPSA) is 29.3 Å². The molecular weight excluding hydrogens is 184 g/mol. The van der Waals surface area contributed by atoms with Crippen LogP contribution in [0.4, 0.5) is 5.69 Å². The zero-order valence-corrected chi connectivity index (χ0v) is 9.08. The van der Waals surface area contributed by atoms with Gasteiger partial charge in [0.2, 0.25) is 0 Å². The first kappa shape index (κ1) is 9.22. The first-order valence-corrected chi connectivity index (χ1v) is 5.94. The molecule has 1 aliphatic heterocycles. The van der Waals surface area contributed by atoms with Gasteiger partial charge in [-0.05, 0) is 55.5 Å². The number of aryl methyl sites for hydroxylation is 1. The SMILES string of the molecule is Nc1ccc2c(c1)CCCN(C1CC1)C2. The van der Waals surface area contributed by atoms with Crippen molar-refractivity contribution >= 4 is 5.69 Å². The molecule has 1 aromatic carbocycles. The average molecular weight is 202 g/mol. The molecule has 1 aromatic rings. The molecule has 1 aliphatic carbocycles. The van der Waals surface area contributed by atoms with Crippen molar-refractivity contribution in [3.8, 4) is 0 Å². The first-order valence-electron chi connectivity index (χ1n) is 5.94. The van der Waals surface area contributed by atoms with Crippen LogP contribution >= 0.6 is 0 Å². The van der Waals surface area contributed by atoms with Crippen molar-refractivity contribution in [3.05, 3.63) is 29.3 Å². The van der Waals surface area contributed by atoms with Crippen LogP contribution in [0.25, 0.3) is 0 Å². The molecule has 1 fully saturated rings. The molecule has 2 heteroatoms. The lowest BCUT2D eigenvalue weighted by atomic mass is 10.0. The zero-order valence-electron chi connectivity index (χ0n) is 9.08. The summed E-state index contributed by atoms with van der Waals surface area (Å²) in [5.74, 6) is 0. The second-order valence-corrected chi connectivity index (χ2v) is 4.83. The van der Waals surface area contributed by atoms with E-state index < -0.39 is 0 Å². The molecule has 3 rings (SSSR count). The Morgan fingerprint density at radius 3 is 2.87 bits per heavy atom. The summed E-state index contributed by atoms with van der Waals surface area (Å²) in [5, 5.41) is 0. The van der Waals surface area contributed by atoms with Crippen molar-refractivity contribution in [2.75, 3.05) is 12.3 Å². The molecule has 0 bridgehead atoms. The summed E-state index contributed by atoms with van der Waals surface area (Å²) >= 11 is 0. The monoisotopic (exact) mass is 202 g/mol. The Morgan fingerprint density at radius 2 is 2.07 bits per heavy atom. The van der Waals surface area contributed by atoms with Crippen LogP contribution in [0.5, 0.6) is 0 Å². The van der Waals surface area contributed by atoms with Crippen LogP contribution in [-0.2, 0) is 13.0 Å². The average Bonchev–Trinajstić information content (AvgIpc) is 3.02. The van der Waals surface area contributed by atoms with Gasteiger partial charge < -0.3 is 5.73 Å². The van der Waals surface area contributed by atoms with Gasteiger partial charge in [-0.15, -0.1) is 0 Å².